The van der Waals surface area contributed by atoms with E-state index in [-0.39, 0.29) is 35.3 Å². The van der Waals surface area contributed by atoms with Gasteiger partial charge in [0, 0.05) is 24.7 Å². The molecule has 1 aliphatic heterocycles. The number of nitrogens with zero attached hydrogens (tertiary/aromatic N) is 1. The number of cyclic esters (lactones) is 1. The maximum absolute atomic E-state index is 13.0. The lowest BCUT2D eigenvalue weighted by Gasteiger charge is -2.25. The Morgan fingerprint density at radius 1 is 1.26 bits per heavy atom. The zero-order valence-corrected chi connectivity index (χ0v) is 21.3. The number of aliphatic hydroxyl groups is 1. The number of esters is 1. The third-order valence-corrected chi connectivity index (χ3v) is 5.81. The van der Waals surface area contributed by atoms with Gasteiger partial charge in [-0.2, -0.15) is 0 Å². The van der Waals surface area contributed by atoms with Crippen LogP contribution >= 0.6 is 0 Å². The number of unbranched alkanes of at least 4 members (excludes halogenated alkanes) is 1. The van der Waals surface area contributed by atoms with Crippen LogP contribution in [-0.4, -0.2) is 42.8 Å². The quantitative estimate of drug-likeness (QED) is 0.474. The molecule has 1 N–H and O–H groups in total. The lowest BCUT2D eigenvalue weighted by molar-refractivity contribution is 0.0453. The molecule has 0 aromatic heterocycles. The number of benzene rings is 2. The second-order valence-electron chi connectivity index (χ2n) is 9.28. The average molecular weight is 486 g/mol. The summed E-state index contributed by atoms with van der Waals surface area (Å²) in [4.78, 5) is 27.2. The molecule has 1 heterocycles. The van der Waals surface area contributed by atoms with Crippen molar-refractivity contribution in [1.29, 1.82) is 0 Å². The van der Waals surface area contributed by atoms with Crippen molar-refractivity contribution in [3.8, 4) is 23.0 Å². The zero-order valence-electron chi connectivity index (χ0n) is 21.3. The first-order valence-corrected chi connectivity index (χ1v) is 12.0. The Morgan fingerprint density at radius 3 is 2.66 bits per heavy atom. The highest BCUT2D eigenvalue weighted by Crippen LogP contribution is 2.44. The molecule has 0 fully saturated rings. The Labute approximate surface area is 206 Å². The summed E-state index contributed by atoms with van der Waals surface area (Å²) in [7, 11) is 3.12. The van der Waals surface area contributed by atoms with E-state index >= 15 is 0 Å². The second kappa shape index (κ2) is 11.4. The largest absolute Gasteiger partial charge is 0.495 e. The number of aliphatic hydroxyl groups excluding tert-OH is 1. The van der Waals surface area contributed by atoms with Crippen molar-refractivity contribution in [3.05, 3.63) is 46.5 Å². The van der Waals surface area contributed by atoms with Crippen molar-refractivity contribution in [1.82, 2.24) is 4.90 Å². The number of amides is 1. The smallest absolute Gasteiger partial charge is 0.415 e. The molecule has 3 rings (SSSR count). The van der Waals surface area contributed by atoms with Gasteiger partial charge in [0.25, 0.3) is 0 Å². The number of hydrogen-bond acceptors (Lipinski definition) is 7. The van der Waals surface area contributed by atoms with Crippen LogP contribution in [0.4, 0.5) is 4.79 Å². The van der Waals surface area contributed by atoms with Crippen LogP contribution < -0.4 is 14.2 Å². The average Bonchev–Trinajstić information content (AvgIpc) is 2.80. The van der Waals surface area contributed by atoms with Gasteiger partial charge in [0.1, 0.15) is 23.7 Å². The number of rotatable bonds is 8. The molecule has 35 heavy (non-hydrogen) atoms. The molecule has 0 bridgehead atoms. The molecule has 1 atom stereocenters. The fourth-order valence-electron chi connectivity index (χ4n) is 4.01. The molecule has 0 saturated carbocycles. The minimum absolute atomic E-state index is 0.0760. The summed E-state index contributed by atoms with van der Waals surface area (Å²) in [5.74, 6) is 0.533. The van der Waals surface area contributed by atoms with Crippen LogP contribution in [0.5, 0.6) is 23.0 Å². The Kier molecular flexibility index (Phi) is 8.62. The van der Waals surface area contributed by atoms with Crippen LogP contribution in [0.3, 0.4) is 0 Å². The number of aryl methyl sites for hydroxylation is 1. The third kappa shape index (κ3) is 6.06. The highest BCUT2D eigenvalue weighted by Gasteiger charge is 2.30. The van der Waals surface area contributed by atoms with Crippen molar-refractivity contribution in [2.45, 2.75) is 59.7 Å². The highest BCUT2D eigenvalue weighted by atomic mass is 16.6. The Balaban J connectivity index is 2.04. The molecular weight excluding hydrogens is 450 g/mol. The molecule has 190 valence electrons. The molecule has 2 aromatic rings. The Morgan fingerprint density at radius 2 is 2.00 bits per heavy atom. The number of hydrogen-bond donors (Lipinski definition) is 1. The molecule has 1 amide bonds. The SMILES string of the molecule is CCCCN(C)C(=O)Oc1cc(C)cc2c1Oc1ccc([C@@H](O)CC(C)C)c(OC)c1C(=O)OC2. The number of ether oxygens (including phenoxy) is 4. The van der Waals surface area contributed by atoms with E-state index in [0.717, 1.165) is 18.4 Å². The molecule has 0 spiro atoms. The fraction of sp³-hybridized carbons (Fsp3) is 0.481. The summed E-state index contributed by atoms with van der Waals surface area (Å²) >= 11 is 0. The summed E-state index contributed by atoms with van der Waals surface area (Å²) in [6, 6.07) is 6.82. The summed E-state index contributed by atoms with van der Waals surface area (Å²) in [6.07, 6.45) is 0.997. The summed E-state index contributed by atoms with van der Waals surface area (Å²) < 4.78 is 23.0. The lowest BCUT2D eigenvalue weighted by atomic mass is 9.96. The number of carbonyl (C=O) groups excluding carboxylic acids is 2. The first kappa shape index (κ1) is 26.3. The van der Waals surface area contributed by atoms with Gasteiger partial charge in [-0.3, -0.25) is 0 Å². The Hall–Kier alpha value is -3.26. The summed E-state index contributed by atoms with van der Waals surface area (Å²) in [6.45, 7) is 8.41. The molecule has 8 nitrogen and oxygen atoms in total. The van der Waals surface area contributed by atoms with E-state index in [9.17, 15) is 14.7 Å². The van der Waals surface area contributed by atoms with E-state index in [1.54, 1.807) is 25.2 Å². The van der Waals surface area contributed by atoms with Crippen molar-refractivity contribution in [3.63, 3.8) is 0 Å². The molecule has 1 aliphatic rings. The lowest BCUT2D eigenvalue weighted by Crippen LogP contribution is -2.30. The van der Waals surface area contributed by atoms with Crippen molar-refractivity contribution < 1.29 is 33.6 Å². The molecule has 8 heteroatoms. The van der Waals surface area contributed by atoms with Gasteiger partial charge in [-0.25, -0.2) is 9.59 Å². The van der Waals surface area contributed by atoms with Gasteiger partial charge in [-0.1, -0.05) is 27.2 Å². The van der Waals surface area contributed by atoms with Crippen LogP contribution in [-0.2, 0) is 11.3 Å². The van der Waals surface area contributed by atoms with Gasteiger partial charge in [-0.05, 0) is 55.5 Å². The maximum Gasteiger partial charge on any atom is 0.415 e. The molecule has 0 aliphatic carbocycles. The minimum Gasteiger partial charge on any atom is -0.495 e. The van der Waals surface area contributed by atoms with Crippen molar-refractivity contribution in [2.75, 3.05) is 20.7 Å². The number of fused-ring (bicyclic) bond motifs is 2. The van der Waals surface area contributed by atoms with E-state index < -0.39 is 18.2 Å². The van der Waals surface area contributed by atoms with E-state index in [1.807, 2.05) is 26.8 Å². The van der Waals surface area contributed by atoms with Gasteiger partial charge >= 0.3 is 12.1 Å². The molecule has 0 saturated heterocycles. The summed E-state index contributed by atoms with van der Waals surface area (Å²) in [5.41, 5.74) is 1.96. The number of methoxy groups -OCH3 is 1. The van der Waals surface area contributed by atoms with Gasteiger partial charge in [-0.15, -0.1) is 0 Å². The second-order valence-corrected chi connectivity index (χ2v) is 9.28. The van der Waals surface area contributed by atoms with Crippen molar-refractivity contribution >= 4 is 12.1 Å². The van der Waals surface area contributed by atoms with Gasteiger partial charge in [0.15, 0.2) is 11.5 Å². The normalized spacial score (nSPS) is 13.5. The van der Waals surface area contributed by atoms with Crippen LogP contribution in [0, 0.1) is 12.8 Å². The number of carbonyl (C=O) groups is 2. The zero-order chi connectivity index (χ0) is 25.7. The molecular formula is C27H35NO7. The van der Waals surface area contributed by atoms with Gasteiger partial charge in [0.05, 0.1) is 13.2 Å². The van der Waals surface area contributed by atoms with E-state index in [0.29, 0.717) is 29.8 Å². The molecule has 0 unspecified atom stereocenters. The van der Waals surface area contributed by atoms with Crippen LogP contribution in [0.2, 0.25) is 0 Å². The van der Waals surface area contributed by atoms with Crippen molar-refractivity contribution in [2.24, 2.45) is 5.92 Å². The van der Waals surface area contributed by atoms with Crippen LogP contribution in [0.25, 0.3) is 0 Å². The van der Waals surface area contributed by atoms with Crippen LogP contribution in [0.1, 0.15) is 73.2 Å². The molecule has 2 aromatic carbocycles. The van der Waals surface area contributed by atoms with E-state index in [2.05, 4.69) is 6.92 Å². The predicted molar refractivity (Wildman–Crippen MR) is 131 cm³/mol. The predicted octanol–water partition coefficient (Wildman–Crippen LogP) is 5.78. The van der Waals surface area contributed by atoms with Crippen LogP contribution in [0.15, 0.2) is 24.3 Å². The minimum atomic E-state index is -0.821. The van der Waals surface area contributed by atoms with Gasteiger partial charge < -0.3 is 29.0 Å². The van der Waals surface area contributed by atoms with Gasteiger partial charge in [0.2, 0.25) is 0 Å². The topological polar surface area (TPSA) is 94.5 Å². The summed E-state index contributed by atoms with van der Waals surface area (Å²) in [5, 5.41) is 10.7. The maximum atomic E-state index is 13.0. The highest BCUT2D eigenvalue weighted by molar-refractivity contribution is 5.96. The fourth-order valence-corrected chi connectivity index (χ4v) is 4.01. The standard InChI is InChI=1S/C27H35NO7/c1-7-8-11-28(5)27(31)35-22-14-17(4)13-18-15-33-26(30)23-21(34-24(18)22)10-9-19(25(23)32-6)20(29)12-16(2)3/h9-10,13-14,16,20,29H,7-8,11-12,15H2,1-6H3/t20-/m0/s1. The Bertz CT molecular complexity index is 1080. The van der Waals surface area contributed by atoms with E-state index in [1.165, 1.54) is 12.0 Å². The van der Waals surface area contributed by atoms with E-state index in [4.69, 9.17) is 18.9 Å². The third-order valence-electron chi connectivity index (χ3n) is 5.81. The molecule has 0 radical (unpaired) electrons. The first-order valence-electron chi connectivity index (χ1n) is 12.0. The first-order chi connectivity index (χ1) is 16.7. The monoisotopic (exact) mass is 485 g/mol.